The van der Waals surface area contributed by atoms with E-state index in [0.717, 1.165) is 0 Å². The highest BCUT2D eigenvalue weighted by Gasteiger charge is 2.28. The third-order valence-electron chi connectivity index (χ3n) is 2.22. The highest BCUT2D eigenvalue weighted by Crippen LogP contribution is 1.99. The zero-order valence-electron chi connectivity index (χ0n) is 11.1. The van der Waals surface area contributed by atoms with Gasteiger partial charge >= 0.3 is 17.9 Å². The van der Waals surface area contributed by atoms with Crippen LogP contribution in [0.2, 0.25) is 0 Å². The van der Waals surface area contributed by atoms with Crippen LogP contribution in [0, 0.1) is 0 Å². The van der Waals surface area contributed by atoms with Gasteiger partial charge in [0.05, 0.1) is 18.9 Å². The molecular weight excluding hydrogens is 272 g/mol. The maximum atomic E-state index is 11.8. The fourth-order valence-corrected chi connectivity index (χ4v) is 1.45. The van der Waals surface area contributed by atoms with Gasteiger partial charge in [0.25, 0.3) is 0 Å². The van der Waals surface area contributed by atoms with Crippen LogP contribution in [0.4, 0.5) is 0 Å². The van der Waals surface area contributed by atoms with Crippen molar-refractivity contribution in [3.8, 4) is 0 Å². The van der Waals surface area contributed by atoms with Gasteiger partial charge in [-0.05, 0) is 0 Å². The Morgan fingerprint density at radius 1 is 0.900 bits per heavy atom. The van der Waals surface area contributed by atoms with Crippen LogP contribution < -0.4 is 10.6 Å². The first-order chi connectivity index (χ1) is 9.13. The van der Waals surface area contributed by atoms with Crippen LogP contribution in [0.25, 0.3) is 0 Å². The molecule has 0 spiro atoms. The first-order valence-corrected chi connectivity index (χ1v) is 5.86. The van der Waals surface area contributed by atoms with Crippen LogP contribution in [0.5, 0.6) is 0 Å². The summed E-state index contributed by atoms with van der Waals surface area (Å²) in [5.74, 6) is -4.98. The summed E-state index contributed by atoms with van der Waals surface area (Å²) >= 11 is 0. The fraction of sp³-hybridized carbons (Fsp3) is 0.636. The van der Waals surface area contributed by atoms with Crippen LogP contribution in [0.1, 0.15) is 26.7 Å². The van der Waals surface area contributed by atoms with E-state index in [1.807, 2.05) is 5.32 Å². The van der Waals surface area contributed by atoms with Gasteiger partial charge in [0.2, 0.25) is 5.91 Å². The Morgan fingerprint density at radius 2 is 1.35 bits per heavy atom. The lowest BCUT2D eigenvalue weighted by Crippen LogP contribution is -2.52. The molecule has 1 unspecified atom stereocenters. The van der Waals surface area contributed by atoms with E-state index < -0.39 is 48.7 Å². The monoisotopic (exact) mass is 290 g/mol. The molecule has 0 saturated heterocycles. The molecule has 0 heterocycles. The number of hydrogen-bond acceptors (Lipinski definition) is 5. The summed E-state index contributed by atoms with van der Waals surface area (Å²) in [5.41, 5.74) is 0. The third-order valence-corrected chi connectivity index (χ3v) is 2.22. The number of carboxylic acids is 3. The zero-order chi connectivity index (χ0) is 15.9. The minimum absolute atomic E-state index is 0.201. The Hall–Kier alpha value is -2.16. The molecule has 0 saturated carbocycles. The van der Waals surface area contributed by atoms with Crippen LogP contribution >= 0.6 is 0 Å². The Kier molecular flexibility index (Phi) is 7.22. The SMILES string of the molecule is CC(C)N[C@H](CC(=O)O)C(=O)NC(CC(=O)O)C(=O)O. The van der Waals surface area contributed by atoms with Gasteiger partial charge in [-0.15, -0.1) is 0 Å². The summed E-state index contributed by atoms with van der Waals surface area (Å²) in [4.78, 5) is 43.8. The number of hydrogen-bond donors (Lipinski definition) is 5. The maximum Gasteiger partial charge on any atom is 0.326 e. The van der Waals surface area contributed by atoms with Gasteiger partial charge in [0.15, 0.2) is 0 Å². The number of amides is 1. The Bertz CT molecular complexity index is 394. The van der Waals surface area contributed by atoms with E-state index in [-0.39, 0.29) is 6.04 Å². The summed E-state index contributed by atoms with van der Waals surface area (Å²) < 4.78 is 0. The van der Waals surface area contributed by atoms with Crippen molar-refractivity contribution >= 4 is 23.8 Å². The summed E-state index contributed by atoms with van der Waals surface area (Å²) in [6.45, 7) is 3.38. The minimum atomic E-state index is -1.61. The normalized spacial score (nSPS) is 13.6. The Labute approximate surface area is 115 Å². The molecule has 0 aromatic carbocycles. The predicted molar refractivity (Wildman–Crippen MR) is 66.1 cm³/mol. The first kappa shape index (κ1) is 17.8. The van der Waals surface area contributed by atoms with Crippen molar-refractivity contribution in [3.05, 3.63) is 0 Å². The van der Waals surface area contributed by atoms with E-state index in [9.17, 15) is 19.2 Å². The average Bonchev–Trinajstić information content (AvgIpc) is 2.24. The quantitative estimate of drug-likeness (QED) is 0.357. The molecule has 0 aromatic rings. The van der Waals surface area contributed by atoms with Crippen LogP contribution in [-0.4, -0.2) is 57.3 Å². The number of nitrogens with one attached hydrogen (secondary N) is 2. The van der Waals surface area contributed by atoms with Gasteiger partial charge in [-0.25, -0.2) is 4.79 Å². The molecule has 114 valence electrons. The van der Waals surface area contributed by atoms with Crippen molar-refractivity contribution in [2.24, 2.45) is 0 Å². The van der Waals surface area contributed by atoms with Gasteiger partial charge in [0, 0.05) is 6.04 Å². The molecule has 5 N–H and O–H groups in total. The molecule has 0 fully saturated rings. The van der Waals surface area contributed by atoms with Gasteiger partial charge in [0.1, 0.15) is 6.04 Å². The van der Waals surface area contributed by atoms with Crippen molar-refractivity contribution in [3.63, 3.8) is 0 Å². The van der Waals surface area contributed by atoms with Crippen molar-refractivity contribution < 1.29 is 34.5 Å². The molecule has 9 heteroatoms. The maximum absolute atomic E-state index is 11.8. The second-order valence-corrected chi connectivity index (χ2v) is 4.47. The standard InChI is InChI=1S/C11H18N2O7/c1-5(2)12-6(3-8(14)15)10(18)13-7(11(19)20)4-9(16)17/h5-7,12H,3-4H2,1-2H3,(H,13,18)(H,14,15)(H,16,17)(H,19,20)/t6-,7?/m1/s1. The van der Waals surface area contributed by atoms with Gasteiger partial charge in [-0.2, -0.15) is 0 Å². The van der Waals surface area contributed by atoms with E-state index in [0.29, 0.717) is 0 Å². The highest BCUT2D eigenvalue weighted by atomic mass is 16.4. The zero-order valence-corrected chi connectivity index (χ0v) is 11.1. The molecule has 0 aliphatic rings. The van der Waals surface area contributed by atoms with Gasteiger partial charge < -0.3 is 26.0 Å². The molecule has 0 aliphatic carbocycles. The molecule has 9 nitrogen and oxygen atoms in total. The molecule has 0 rings (SSSR count). The molecule has 2 atom stereocenters. The molecule has 0 radical (unpaired) electrons. The number of aliphatic carboxylic acids is 3. The van der Waals surface area contributed by atoms with E-state index >= 15 is 0 Å². The lowest BCUT2D eigenvalue weighted by molar-refractivity contribution is -0.147. The van der Waals surface area contributed by atoms with Crippen molar-refractivity contribution in [1.82, 2.24) is 10.6 Å². The van der Waals surface area contributed by atoms with Crippen LogP contribution in [0.3, 0.4) is 0 Å². The van der Waals surface area contributed by atoms with Crippen LogP contribution in [-0.2, 0) is 19.2 Å². The van der Waals surface area contributed by atoms with Gasteiger partial charge in [-0.1, -0.05) is 13.8 Å². The van der Waals surface area contributed by atoms with E-state index in [4.69, 9.17) is 15.3 Å². The van der Waals surface area contributed by atoms with Crippen molar-refractivity contribution in [2.45, 2.75) is 44.8 Å². The van der Waals surface area contributed by atoms with E-state index in [2.05, 4.69) is 5.32 Å². The number of carbonyl (C=O) groups is 4. The fourth-order valence-electron chi connectivity index (χ4n) is 1.45. The largest absolute Gasteiger partial charge is 0.481 e. The second-order valence-electron chi connectivity index (χ2n) is 4.47. The summed E-state index contributed by atoms with van der Waals surface area (Å²) in [6, 6.07) is -2.94. The van der Waals surface area contributed by atoms with Crippen LogP contribution in [0.15, 0.2) is 0 Å². The molecule has 20 heavy (non-hydrogen) atoms. The van der Waals surface area contributed by atoms with Crippen molar-refractivity contribution in [1.29, 1.82) is 0 Å². The first-order valence-electron chi connectivity index (χ1n) is 5.86. The van der Waals surface area contributed by atoms with E-state index in [1.165, 1.54) is 0 Å². The van der Waals surface area contributed by atoms with E-state index in [1.54, 1.807) is 13.8 Å². The Balaban J connectivity index is 4.81. The second kappa shape index (κ2) is 8.10. The lowest BCUT2D eigenvalue weighted by atomic mass is 10.1. The third kappa shape index (κ3) is 7.31. The van der Waals surface area contributed by atoms with Gasteiger partial charge in [-0.3, -0.25) is 14.4 Å². The number of rotatable bonds is 9. The van der Waals surface area contributed by atoms with Crippen molar-refractivity contribution in [2.75, 3.05) is 0 Å². The topological polar surface area (TPSA) is 153 Å². The summed E-state index contributed by atoms with van der Waals surface area (Å²) in [6.07, 6.45) is -1.33. The average molecular weight is 290 g/mol. The highest BCUT2D eigenvalue weighted by molar-refractivity contribution is 5.91. The smallest absolute Gasteiger partial charge is 0.326 e. The lowest BCUT2D eigenvalue weighted by Gasteiger charge is -2.21. The molecule has 0 aliphatic heterocycles. The molecule has 1 amide bonds. The Morgan fingerprint density at radius 3 is 1.70 bits per heavy atom. The molecular formula is C11H18N2O7. The predicted octanol–water partition coefficient (Wildman–Crippen LogP) is -1.13. The summed E-state index contributed by atoms with van der Waals surface area (Å²) in [5, 5.41) is 30.7. The summed E-state index contributed by atoms with van der Waals surface area (Å²) in [7, 11) is 0. The number of carboxylic acid groups (broad SMARTS) is 3. The molecule has 0 bridgehead atoms. The minimum Gasteiger partial charge on any atom is -0.481 e. The number of carbonyl (C=O) groups excluding carboxylic acids is 1. The molecule has 0 aromatic heterocycles.